The molecule has 1 aliphatic heterocycles. The van der Waals surface area contributed by atoms with E-state index in [1.807, 2.05) is 0 Å². The molecule has 0 aromatic rings. The first kappa shape index (κ1) is 12.3. The number of nitrogens with zero attached hydrogens (tertiary/aromatic N) is 1. The Morgan fingerprint density at radius 2 is 2.06 bits per heavy atom. The average Bonchev–Trinajstić information content (AvgIpc) is 2.99. The van der Waals surface area contributed by atoms with Crippen molar-refractivity contribution in [2.75, 3.05) is 26.7 Å². The summed E-state index contributed by atoms with van der Waals surface area (Å²) in [7, 11) is 2.24. The molecule has 1 saturated heterocycles. The monoisotopic (exact) mass is 226 g/mol. The number of ether oxygens (including phenoxy) is 1. The lowest BCUT2D eigenvalue weighted by molar-refractivity contribution is -0.113. The molecule has 1 unspecified atom stereocenters. The van der Waals surface area contributed by atoms with Gasteiger partial charge in [0.25, 0.3) is 0 Å². The fraction of sp³-hybridized carbons (Fsp3) is 1.00. The fourth-order valence-electron chi connectivity index (χ4n) is 2.99. The van der Waals surface area contributed by atoms with Gasteiger partial charge >= 0.3 is 0 Å². The summed E-state index contributed by atoms with van der Waals surface area (Å²) in [6.07, 6.45) is 4.95. The standard InChI is InChI=1S/C13H26N2O/c1-12(2)9-13(10-14,6-7-16-12)15(3)8-11-4-5-11/h11H,4-10,14H2,1-3H3. The molecule has 1 saturated carbocycles. The maximum absolute atomic E-state index is 6.06. The van der Waals surface area contributed by atoms with Crippen LogP contribution in [-0.4, -0.2) is 42.8 Å². The molecule has 1 atom stereocenters. The number of hydrogen-bond acceptors (Lipinski definition) is 3. The molecule has 94 valence electrons. The van der Waals surface area contributed by atoms with Crippen LogP contribution < -0.4 is 5.73 Å². The predicted octanol–water partition coefficient (Wildman–Crippen LogP) is 1.61. The van der Waals surface area contributed by atoms with Crippen LogP contribution in [0.4, 0.5) is 0 Å². The van der Waals surface area contributed by atoms with Crippen molar-refractivity contribution in [2.45, 2.75) is 50.7 Å². The Morgan fingerprint density at radius 1 is 1.38 bits per heavy atom. The zero-order chi connectivity index (χ0) is 11.8. The Hall–Kier alpha value is -0.120. The van der Waals surface area contributed by atoms with E-state index >= 15 is 0 Å². The third-order valence-corrected chi connectivity index (χ3v) is 4.23. The average molecular weight is 226 g/mol. The first-order valence-corrected chi connectivity index (χ1v) is 6.53. The van der Waals surface area contributed by atoms with E-state index in [9.17, 15) is 0 Å². The maximum Gasteiger partial charge on any atom is 0.0644 e. The van der Waals surface area contributed by atoms with Crippen LogP contribution in [0.3, 0.4) is 0 Å². The lowest BCUT2D eigenvalue weighted by atomic mass is 9.80. The normalized spacial score (nSPS) is 34.3. The lowest BCUT2D eigenvalue weighted by Crippen LogP contribution is -2.59. The van der Waals surface area contributed by atoms with Gasteiger partial charge in [0.2, 0.25) is 0 Å². The Balaban J connectivity index is 2.04. The van der Waals surface area contributed by atoms with Crippen LogP contribution in [0.25, 0.3) is 0 Å². The lowest BCUT2D eigenvalue weighted by Gasteiger charge is -2.49. The molecule has 1 heterocycles. The highest BCUT2D eigenvalue weighted by Crippen LogP contribution is 2.38. The van der Waals surface area contributed by atoms with E-state index in [1.165, 1.54) is 19.4 Å². The first-order chi connectivity index (χ1) is 7.47. The molecule has 0 amide bonds. The van der Waals surface area contributed by atoms with E-state index in [1.54, 1.807) is 0 Å². The summed E-state index contributed by atoms with van der Waals surface area (Å²) >= 11 is 0. The van der Waals surface area contributed by atoms with Gasteiger partial charge < -0.3 is 10.5 Å². The van der Waals surface area contributed by atoms with Crippen molar-refractivity contribution < 1.29 is 4.74 Å². The Labute approximate surface area is 99.3 Å². The summed E-state index contributed by atoms with van der Waals surface area (Å²) in [4.78, 5) is 2.51. The van der Waals surface area contributed by atoms with E-state index in [0.29, 0.717) is 0 Å². The van der Waals surface area contributed by atoms with Gasteiger partial charge in [-0.25, -0.2) is 0 Å². The first-order valence-electron chi connectivity index (χ1n) is 6.53. The van der Waals surface area contributed by atoms with E-state index < -0.39 is 0 Å². The molecule has 0 spiro atoms. The van der Waals surface area contributed by atoms with Crippen LogP contribution in [0.2, 0.25) is 0 Å². The van der Waals surface area contributed by atoms with Crippen molar-refractivity contribution in [3.8, 4) is 0 Å². The van der Waals surface area contributed by atoms with Crippen molar-refractivity contribution in [1.29, 1.82) is 0 Å². The smallest absolute Gasteiger partial charge is 0.0644 e. The molecule has 3 nitrogen and oxygen atoms in total. The maximum atomic E-state index is 6.06. The van der Waals surface area contributed by atoms with Crippen LogP contribution in [0.15, 0.2) is 0 Å². The van der Waals surface area contributed by atoms with Crippen LogP contribution in [-0.2, 0) is 4.74 Å². The van der Waals surface area contributed by atoms with Crippen molar-refractivity contribution in [3.05, 3.63) is 0 Å². The minimum absolute atomic E-state index is 0.0184. The Bertz CT molecular complexity index is 250. The zero-order valence-corrected chi connectivity index (χ0v) is 11.0. The summed E-state index contributed by atoms with van der Waals surface area (Å²) in [6.45, 7) is 7.18. The van der Waals surface area contributed by atoms with Gasteiger partial charge in [-0.1, -0.05) is 0 Å². The summed E-state index contributed by atoms with van der Waals surface area (Å²) in [6, 6.07) is 0. The molecule has 2 fully saturated rings. The minimum atomic E-state index is -0.0184. The number of nitrogens with two attached hydrogens (primary N) is 1. The van der Waals surface area contributed by atoms with Gasteiger partial charge in [0.1, 0.15) is 0 Å². The topological polar surface area (TPSA) is 38.5 Å². The highest BCUT2D eigenvalue weighted by atomic mass is 16.5. The van der Waals surface area contributed by atoms with Gasteiger partial charge in [-0.15, -0.1) is 0 Å². The fourth-order valence-corrected chi connectivity index (χ4v) is 2.99. The van der Waals surface area contributed by atoms with Crippen LogP contribution in [0, 0.1) is 5.92 Å². The van der Waals surface area contributed by atoms with E-state index in [2.05, 4.69) is 25.8 Å². The minimum Gasteiger partial charge on any atom is -0.375 e. The summed E-state index contributed by atoms with van der Waals surface area (Å²) in [5.41, 5.74) is 6.21. The number of likely N-dealkylation sites (N-methyl/N-ethyl adjacent to an activating group) is 1. The van der Waals surface area contributed by atoms with Gasteiger partial charge in [0, 0.05) is 25.2 Å². The number of rotatable bonds is 4. The predicted molar refractivity (Wildman–Crippen MR) is 66.4 cm³/mol. The number of hydrogen-bond donors (Lipinski definition) is 1. The quantitative estimate of drug-likeness (QED) is 0.791. The molecule has 16 heavy (non-hydrogen) atoms. The highest BCUT2D eigenvalue weighted by molar-refractivity contribution is 4.99. The van der Waals surface area contributed by atoms with Gasteiger partial charge in [-0.05, 0) is 52.5 Å². The highest BCUT2D eigenvalue weighted by Gasteiger charge is 2.43. The van der Waals surface area contributed by atoms with E-state index in [0.717, 1.165) is 31.9 Å². The molecular weight excluding hydrogens is 200 g/mol. The third-order valence-electron chi connectivity index (χ3n) is 4.23. The molecule has 0 bridgehead atoms. The SMILES string of the molecule is CN(CC1CC1)C1(CN)CCOC(C)(C)C1. The van der Waals surface area contributed by atoms with Crippen molar-refractivity contribution in [3.63, 3.8) is 0 Å². The molecular formula is C13H26N2O. The third kappa shape index (κ3) is 2.58. The van der Waals surface area contributed by atoms with Crippen LogP contribution in [0.5, 0.6) is 0 Å². The summed E-state index contributed by atoms with van der Waals surface area (Å²) in [5, 5.41) is 0. The summed E-state index contributed by atoms with van der Waals surface area (Å²) in [5.74, 6) is 0.930. The molecule has 0 radical (unpaired) electrons. The molecule has 2 rings (SSSR count). The van der Waals surface area contributed by atoms with Gasteiger partial charge in [0.05, 0.1) is 5.60 Å². The molecule has 2 N–H and O–H groups in total. The van der Waals surface area contributed by atoms with Crippen molar-refractivity contribution >= 4 is 0 Å². The second-order valence-corrected chi connectivity index (χ2v) is 6.29. The second-order valence-electron chi connectivity index (χ2n) is 6.29. The molecule has 2 aliphatic rings. The van der Waals surface area contributed by atoms with Gasteiger partial charge in [-0.2, -0.15) is 0 Å². The van der Waals surface area contributed by atoms with E-state index in [-0.39, 0.29) is 11.1 Å². The van der Waals surface area contributed by atoms with Crippen LogP contribution in [0.1, 0.15) is 39.5 Å². The molecule has 3 heteroatoms. The van der Waals surface area contributed by atoms with Gasteiger partial charge in [-0.3, -0.25) is 4.90 Å². The summed E-state index contributed by atoms with van der Waals surface area (Å²) < 4.78 is 5.81. The molecule has 0 aromatic heterocycles. The van der Waals surface area contributed by atoms with Crippen LogP contribution >= 0.6 is 0 Å². The molecule has 1 aliphatic carbocycles. The zero-order valence-electron chi connectivity index (χ0n) is 11.0. The molecule has 0 aromatic carbocycles. The van der Waals surface area contributed by atoms with Gasteiger partial charge in [0.15, 0.2) is 0 Å². The van der Waals surface area contributed by atoms with E-state index in [4.69, 9.17) is 10.5 Å². The largest absolute Gasteiger partial charge is 0.375 e. The Kier molecular flexibility index (Phi) is 3.30. The van der Waals surface area contributed by atoms with Crippen molar-refractivity contribution in [1.82, 2.24) is 4.90 Å². The van der Waals surface area contributed by atoms with Crippen molar-refractivity contribution in [2.24, 2.45) is 11.7 Å². The second kappa shape index (κ2) is 4.28. The Morgan fingerprint density at radius 3 is 2.56 bits per heavy atom.